The van der Waals surface area contributed by atoms with Gasteiger partial charge in [0, 0.05) is 12.1 Å². The fourth-order valence-electron chi connectivity index (χ4n) is 2.89. The third-order valence-corrected chi connectivity index (χ3v) is 5.09. The zero-order valence-electron chi connectivity index (χ0n) is 17.3. The van der Waals surface area contributed by atoms with Crippen LogP contribution in [0.25, 0.3) is 21.8 Å². The summed E-state index contributed by atoms with van der Waals surface area (Å²) in [7, 11) is -4.54. The Balaban J connectivity index is 0.000000493. The van der Waals surface area contributed by atoms with Crippen LogP contribution in [0.2, 0.25) is 0 Å². The second-order valence-corrected chi connectivity index (χ2v) is 8.22. The SMILES string of the molecule is C[n+]1c2ccccc2c(C(=O)OC(F)(C(F)F)C(F)(F)F)c2cc(F)ccc21.O=S(=O)([O-])C(F)(F)F. The van der Waals surface area contributed by atoms with Gasteiger partial charge in [0.2, 0.25) is 11.0 Å². The van der Waals surface area contributed by atoms with Crippen molar-refractivity contribution in [3.63, 3.8) is 0 Å². The predicted molar refractivity (Wildman–Crippen MR) is 99.7 cm³/mol. The van der Waals surface area contributed by atoms with Crippen molar-refractivity contribution in [2.75, 3.05) is 0 Å². The van der Waals surface area contributed by atoms with E-state index >= 15 is 0 Å². The number of rotatable bonds is 3. The monoisotopic (exact) mass is 555 g/mol. The molecule has 0 aliphatic heterocycles. The lowest BCUT2D eigenvalue weighted by atomic mass is 10.0. The molecule has 1 aromatic heterocycles. The molecule has 0 radical (unpaired) electrons. The normalized spacial score (nSPS) is 14.4. The fraction of sp³-hybridized carbons (Fsp3) is 0.263. The van der Waals surface area contributed by atoms with Crippen LogP contribution in [0.5, 0.6) is 0 Å². The zero-order chi connectivity index (χ0) is 27.9. The molecule has 0 spiro atoms. The molecule has 0 saturated heterocycles. The summed E-state index contributed by atoms with van der Waals surface area (Å²) in [6.45, 7) is 0. The number of alkyl halides is 9. The first-order chi connectivity index (χ1) is 16.2. The standard InChI is InChI=1S/C18H11F7NO2.CHF3O3S/c1-26-12-5-3-2-4-10(12)14(11-8-9(19)6-7-13(11)26)15(27)28-17(22,16(20)21)18(23,24)25;2-1(3,4)8(5,6)7/h2-8,16H,1H3;(H,5,6,7)/q+1;/p-1. The number of esters is 1. The highest BCUT2D eigenvalue weighted by Gasteiger charge is 2.67. The molecule has 0 aliphatic rings. The molecule has 1 unspecified atom stereocenters. The number of nitrogens with zero attached hydrogens (tertiary/aromatic N) is 1. The smallest absolute Gasteiger partial charge is 0.485 e. The maximum absolute atomic E-state index is 13.9. The number of aromatic nitrogens is 1. The first-order valence-corrected chi connectivity index (χ1v) is 10.4. The molecule has 0 aliphatic carbocycles. The van der Waals surface area contributed by atoms with Crippen LogP contribution < -0.4 is 4.57 Å². The first-order valence-electron chi connectivity index (χ1n) is 9.01. The van der Waals surface area contributed by atoms with E-state index in [1.54, 1.807) is 13.1 Å². The van der Waals surface area contributed by atoms with Crippen molar-refractivity contribution >= 4 is 37.9 Å². The number of pyridine rings is 1. The molecular weight excluding hydrogens is 544 g/mol. The van der Waals surface area contributed by atoms with Crippen molar-refractivity contribution in [2.45, 2.75) is 24.0 Å². The number of para-hydroxylation sites is 1. The molecule has 3 rings (SSSR count). The molecule has 0 amide bonds. The van der Waals surface area contributed by atoms with Gasteiger partial charge in [-0.3, -0.25) is 0 Å². The number of carbonyl (C=O) groups excluding carboxylic acids is 1. The number of fused-ring (bicyclic) bond motifs is 2. The Hall–Kier alpha value is -3.21. The molecular formula is C19H11F10NO5S. The van der Waals surface area contributed by atoms with Crippen molar-refractivity contribution in [3.8, 4) is 0 Å². The van der Waals surface area contributed by atoms with Crippen LogP contribution in [0, 0.1) is 5.82 Å². The molecule has 1 heterocycles. The second-order valence-electron chi connectivity index (χ2n) is 6.85. The lowest BCUT2D eigenvalue weighted by Crippen LogP contribution is -2.51. The van der Waals surface area contributed by atoms with Gasteiger partial charge < -0.3 is 9.29 Å². The molecule has 198 valence electrons. The van der Waals surface area contributed by atoms with Gasteiger partial charge in [0.15, 0.2) is 10.1 Å². The van der Waals surface area contributed by atoms with Gasteiger partial charge in [-0.15, -0.1) is 0 Å². The van der Waals surface area contributed by atoms with E-state index in [2.05, 4.69) is 4.74 Å². The van der Waals surface area contributed by atoms with Crippen LogP contribution in [-0.4, -0.2) is 42.9 Å². The van der Waals surface area contributed by atoms with E-state index in [-0.39, 0.29) is 16.3 Å². The minimum Gasteiger partial charge on any atom is -0.741 e. The second kappa shape index (κ2) is 9.68. The average Bonchev–Trinajstić information content (AvgIpc) is 2.71. The Labute approximate surface area is 194 Å². The minimum absolute atomic E-state index is 0.0214. The van der Waals surface area contributed by atoms with Crippen LogP contribution in [0.1, 0.15) is 10.4 Å². The lowest BCUT2D eigenvalue weighted by molar-refractivity contribution is -0.617. The molecule has 0 N–H and O–H groups in total. The summed E-state index contributed by atoms with van der Waals surface area (Å²) >= 11 is 0. The number of aryl methyl sites for hydroxylation is 1. The third-order valence-electron chi connectivity index (χ3n) is 4.52. The molecule has 0 saturated carbocycles. The molecule has 0 fully saturated rings. The Morgan fingerprint density at radius 2 is 1.44 bits per heavy atom. The highest BCUT2D eigenvalue weighted by Crippen LogP contribution is 2.41. The number of ether oxygens (including phenoxy) is 1. The Morgan fingerprint density at radius 1 is 0.944 bits per heavy atom. The van der Waals surface area contributed by atoms with Gasteiger partial charge in [0.05, 0.1) is 16.3 Å². The van der Waals surface area contributed by atoms with Crippen LogP contribution in [0.4, 0.5) is 43.9 Å². The number of carbonyl (C=O) groups is 1. The van der Waals surface area contributed by atoms with E-state index < -0.39 is 51.4 Å². The Bertz CT molecular complexity index is 1410. The third kappa shape index (κ3) is 5.61. The lowest BCUT2D eigenvalue weighted by Gasteiger charge is -2.26. The summed E-state index contributed by atoms with van der Waals surface area (Å²) in [5, 5.41) is -0.239. The van der Waals surface area contributed by atoms with E-state index in [1.165, 1.54) is 28.8 Å². The van der Waals surface area contributed by atoms with Gasteiger partial charge in [0.1, 0.15) is 12.9 Å². The largest absolute Gasteiger partial charge is 0.741 e. The van der Waals surface area contributed by atoms with E-state index in [0.717, 1.165) is 12.1 Å². The van der Waals surface area contributed by atoms with Crippen molar-refractivity contribution in [2.24, 2.45) is 7.05 Å². The molecule has 6 nitrogen and oxygen atoms in total. The van der Waals surface area contributed by atoms with Gasteiger partial charge >= 0.3 is 29.9 Å². The van der Waals surface area contributed by atoms with Crippen LogP contribution in [0.3, 0.4) is 0 Å². The highest BCUT2D eigenvalue weighted by molar-refractivity contribution is 7.86. The quantitative estimate of drug-likeness (QED) is 0.117. The summed E-state index contributed by atoms with van der Waals surface area (Å²) in [4.78, 5) is 12.4. The van der Waals surface area contributed by atoms with Gasteiger partial charge in [-0.05, 0) is 18.2 Å². The summed E-state index contributed by atoms with van der Waals surface area (Å²) in [6.07, 6.45) is -10.8. The average molecular weight is 555 g/mol. The number of benzene rings is 2. The van der Waals surface area contributed by atoms with Gasteiger partial charge in [-0.2, -0.15) is 35.3 Å². The maximum atomic E-state index is 13.9. The minimum atomic E-state index is -6.17. The first kappa shape index (κ1) is 29.0. The fourth-order valence-corrected chi connectivity index (χ4v) is 2.89. The van der Waals surface area contributed by atoms with Gasteiger partial charge in [-0.1, -0.05) is 12.1 Å². The molecule has 36 heavy (non-hydrogen) atoms. The van der Waals surface area contributed by atoms with Gasteiger partial charge in [-0.25, -0.2) is 26.4 Å². The Morgan fingerprint density at radius 3 is 1.92 bits per heavy atom. The van der Waals surface area contributed by atoms with Crippen molar-refractivity contribution in [1.29, 1.82) is 0 Å². The summed E-state index contributed by atoms with van der Waals surface area (Å²) in [5.41, 5.74) is -5.80. The Kier molecular flexibility index (Phi) is 7.81. The van der Waals surface area contributed by atoms with Crippen LogP contribution >= 0.6 is 0 Å². The highest BCUT2D eigenvalue weighted by atomic mass is 32.2. The summed E-state index contributed by atoms with van der Waals surface area (Å²) in [5.74, 6) is -8.34. The van der Waals surface area contributed by atoms with E-state index in [1.807, 2.05) is 0 Å². The van der Waals surface area contributed by atoms with E-state index in [9.17, 15) is 48.7 Å². The van der Waals surface area contributed by atoms with E-state index in [0.29, 0.717) is 5.52 Å². The number of halogens is 10. The molecule has 1 atom stereocenters. The zero-order valence-corrected chi connectivity index (χ0v) is 18.1. The number of hydrogen-bond donors (Lipinski definition) is 0. The van der Waals surface area contributed by atoms with Crippen molar-refractivity contribution in [3.05, 3.63) is 53.8 Å². The van der Waals surface area contributed by atoms with Crippen LogP contribution in [0.15, 0.2) is 42.5 Å². The summed E-state index contributed by atoms with van der Waals surface area (Å²) in [6, 6.07) is 8.88. The number of hydrogen-bond acceptors (Lipinski definition) is 5. The van der Waals surface area contributed by atoms with Crippen molar-refractivity contribution < 1.29 is 71.0 Å². The summed E-state index contributed by atoms with van der Waals surface area (Å²) < 4.78 is 156. The molecule has 0 bridgehead atoms. The van der Waals surface area contributed by atoms with Crippen molar-refractivity contribution in [1.82, 2.24) is 0 Å². The topological polar surface area (TPSA) is 87.4 Å². The maximum Gasteiger partial charge on any atom is 0.485 e. The molecule has 3 aromatic rings. The molecule has 17 heteroatoms. The predicted octanol–water partition coefficient (Wildman–Crippen LogP) is 4.66. The van der Waals surface area contributed by atoms with E-state index in [4.69, 9.17) is 13.0 Å². The van der Waals surface area contributed by atoms with Crippen LogP contribution in [-0.2, 0) is 21.9 Å². The molecule has 2 aromatic carbocycles. The van der Waals surface area contributed by atoms with Gasteiger partial charge in [0.25, 0.3) is 0 Å².